The molecule has 0 aliphatic carbocycles. The lowest BCUT2D eigenvalue weighted by Gasteiger charge is -2.09. The Hall–Kier alpha value is -2.37. The van der Waals surface area contributed by atoms with Gasteiger partial charge in [0, 0.05) is 0 Å². The van der Waals surface area contributed by atoms with Crippen molar-refractivity contribution < 1.29 is 5.21 Å². The van der Waals surface area contributed by atoms with E-state index in [-0.39, 0.29) is 10.6 Å². The SMILES string of the molecule is O=c1c2ccc(NO)c(Cl)c2ncn1Cc1ccccc1. The molecule has 3 rings (SSSR count). The van der Waals surface area contributed by atoms with Gasteiger partial charge in [0.15, 0.2) is 0 Å². The fourth-order valence-electron chi connectivity index (χ4n) is 2.18. The van der Waals surface area contributed by atoms with Crippen molar-refractivity contribution in [1.82, 2.24) is 9.55 Å². The first-order valence-corrected chi connectivity index (χ1v) is 6.70. The molecule has 1 aromatic heterocycles. The highest BCUT2D eigenvalue weighted by Gasteiger charge is 2.10. The second kappa shape index (κ2) is 5.55. The number of anilines is 1. The largest absolute Gasteiger partial charge is 0.294 e. The third kappa shape index (κ3) is 2.49. The zero-order valence-electron chi connectivity index (χ0n) is 11.0. The van der Waals surface area contributed by atoms with E-state index in [0.29, 0.717) is 23.1 Å². The molecule has 0 radical (unpaired) electrons. The van der Waals surface area contributed by atoms with Gasteiger partial charge < -0.3 is 0 Å². The van der Waals surface area contributed by atoms with Crippen LogP contribution in [0.2, 0.25) is 5.02 Å². The standard InChI is InChI=1S/C15H12ClN3O2/c16-13-12(18-21)7-6-11-14(13)17-9-19(15(11)20)8-10-4-2-1-3-5-10/h1-7,9,18,21H,8H2. The smallest absolute Gasteiger partial charge is 0.261 e. The molecule has 0 aliphatic heterocycles. The minimum Gasteiger partial charge on any atom is -0.294 e. The first-order valence-electron chi connectivity index (χ1n) is 6.32. The number of hydrogen-bond acceptors (Lipinski definition) is 4. The number of nitrogens with one attached hydrogen (secondary N) is 1. The van der Waals surface area contributed by atoms with Crippen molar-refractivity contribution in [3.63, 3.8) is 0 Å². The van der Waals surface area contributed by atoms with Crippen molar-refractivity contribution in [3.05, 3.63) is 69.7 Å². The average Bonchev–Trinajstić information content (AvgIpc) is 2.52. The molecule has 0 fully saturated rings. The van der Waals surface area contributed by atoms with Gasteiger partial charge in [0.25, 0.3) is 5.56 Å². The molecule has 0 bridgehead atoms. The fourth-order valence-corrected chi connectivity index (χ4v) is 2.43. The Labute approximate surface area is 125 Å². The van der Waals surface area contributed by atoms with Crippen LogP contribution in [0.4, 0.5) is 5.69 Å². The number of aromatic nitrogens is 2. The van der Waals surface area contributed by atoms with Crippen LogP contribution in [-0.2, 0) is 6.54 Å². The molecule has 106 valence electrons. The van der Waals surface area contributed by atoms with Gasteiger partial charge in [0.1, 0.15) is 0 Å². The highest BCUT2D eigenvalue weighted by molar-refractivity contribution is 6.37. The molecular weight excluding hydrogens is 290 g/mol. The predicted octanol–water partition coefficient (Wildman–Crippen LogP) is 2.90. The zero-order chi connectivity index (χ0) is 14.8. The number of rotatable bonds is 3. The van der Waals surface area contributed by atoms with Gasteiger partial charge in [0.05, 0.1) is 34.5 Å². The fraction of sp³-hybridized carbons (Fsp3) is 0.0667. The van der Waals surface area contributed by atoms with Crippen LogP contribution in [0, 0.1) is 0 Å². The van der Waals surface area contributed by atoms with E-state index in [2.05, 4.69) is 4.98 Å². The number of benzene rings is 2. The third-order valence-corrected chi connectivity index (χ3v) is 3.63. The number of nitrogens with zero attached hydrogens (tertiary/aromatic N) is 2. The Morgan fingerprint density at radius 1 is 1.19 bits per heavy atom. The quantitative estimate of drug-likeness (QED) is 0.730. The Morgan fingerprint density at radius 3 is 2.67 bits per heavy atom. The zero-order valence-corrected chi connectivity index (χ0v) is 11.7. The van der Waals surface area contributed by atoms with Crippen LogP contribution in [0.15, 0.2) is 53.6 Å². The molecule has 0 spiro atoms. The van der Waals surface area contributed by atoms with Crippen LogP contribution in [0.5, 0.6) is 0 Å². The number of fused-ring (bicyclic) bond motifs is 1. The van der Waals surface area contributed by atoms with Crippen LogP contribution in [0.25, 0.3) is 10.9 Å². The van der Waals surface area contributed by atoms with E-state index in [4.69, 9.17) is 16.8 Å². The molecule has 21 heavy (non-hydrogen) atoms. The van der Waals surface area contributed by atoms with E-state index in [1.807, 2.05) is 35.8 Å². The van der Waals surface area contributed by atoms with Crippen LogP contribution in [0.1, 0.15) is 5.56 Å². The Balaban J connectivity index is 2.11. The maximum absolute atomic E-state index is 12.5. The summed E-state index contributed by atoms with van der Waals surface area (Å²) in [6.45, 7) is 0.445. The molecular formula is C15H12ClN3O2. The second-order valence-corrected chi connectivity index (χ2v) is 4.98. The van der Waals surface area contributed by atoms with E-state index in [9.17, 15) is 4.79 Å². The van der Waals surface area contributed by atoms with E-state index in [0.717, 1.165) is 5.56 Å². The van der Waals surface area contributed by atoms with Gasteiger partial charge in [-0.25, -0.2) is 4.98 Å². The van der Waals surface area contributed by atoms with Gasteiger partial charge in [-0.15, -0.1) is 0 Å². The van der Waals surface area contributed by atoms with Gasteiger partial charge >= 0.3 is 0 Å². The van der Waals surface area contributed by atoms with E-state index < -0.39 is 0 Å². The van der Waals surface area contributed by atoms with Crippen molar-refractivity contribution in [2.45, 2.75) is 6.54 Å². The maximum Gasteiger partial charge on any atom is 0.261 e. The summed E-state index contributed by atoms with van der Waals surface area (Å²) in [6, 6.07) is 12.8. The lowest BCUT2D eigenvalue weighted by atomic mass is 10.2. The Morgan fingerprint density at radius 2 is 1.95 bits per heavy atom. The lowest BCUT2D eigenvalue weighted by Crippen LogP contribution is -2.21. The molecule has 6 heteroatoms. The molecule has 0 saturated carbocycles. The van der Waals surface area contributed by atoms with Gasteiger partial charge in [-0.1, -0.05) is 41.9 Å². The first kappa shape index (κ1) is 13.6. The lowest BCUT2D eigenvalue weighted by molar-refractivity contribution is 0.389. The highest BCUT2D eigenvalue weighted by Crippen LogP contribution is 2.27. The molecule has 1 heterocycles. The van der Waals surface area contributed by atoms with Crippen LogP contribution in [-0.4, -0.2) is 14.8 Å². The van der Waals surface area contributed by atoms with E-state index in [1.54, 1.807) is 12.1 Å². The average molecular weight is 302 g/mol. The Bertz CT molecular complexity index is 847. The summed E-state index contributed by atoms with van der Waals surface area (Å²) in [7, 11) is 0. The molecule has 0 unspecified atom stereocenters. The third-order valence-electron chi connectivity index (χ3n) is 3.25. The monoisotopic (exact) mass is 301 g/mol. The van der Waals surface area contributed by atoms with Crippen molar-refractivity contribution in [1.29, 1.82) is 0 Å². The minimum absolute atomic E-state index is 0.171. The second-order valence-electron chi connectivity index (χ2n) is 4.60. The summed E-state index contributed by atoms with van der Waals surface area (Å²) in [5.74, 6) is 0. The summed E-state index contributed by atoms with van der Waals surface area (Å²) < 4.78 is 1.53. The topological polar surface area (TPSA) is 67.2 Å². The minimum atomic E-state index is -0.171. The van der Waals surface area contributed by atoms with Gasteiger partial charge in [-0.3, -0.25) is 20.0 Å². The molecule has 0 amide bonds. The first-order chi connectivity index (χ1) is 10.2. The summed E-state index contributed by atoms with van der Waals surface area (Å²) in [5.41, 5.74) is 3.51. The summed E-state index contributed by atoms with van der Waals surface area (Å²) >= 11 is 6.09. The molecule has 5 nitrogen and oxygen atoms in total. The number of hydrogen-bond donors (Lipinski definition) is 2. The van der Waals surface area contributed by atoms with Crippen LogP contribution in [0.3, 0.4) is 0 Å². The Kier molecular flexibility index (Phi) is 3.60. The molecule has 2 aromatic carbocycles. The van der Waals surface area contributed by atoms with Crippen molar-refractivity contribution in [2.75, 3.05) is 5.48 Å². The summed E-state index contributed by atoms with van der Waals surface area (Å²) in [6.07, 6.45) is 1.46. The molecule has 0 atom stereocenters. The van der Waals surface area contributed by atoms with E-state index >= 15 is 0 Å². The maximum atomic E-state index is 12.5. The molecule has 0 saturated heterocycles. The van der Waals surface area contributed by atoms with Crippen molar-refractivity contribution in [2.24, 2.45) is 0 Å². The molecule has 2 N–H and O–H groups in total. The van der Waals surface area contributed by atoms with E-state index in [1.165, 1.54) is 10.9 Å². The van der Waals surface area contributed by atoms with Crippen LogP contribution < -0.4 is 11.0 Å². The normalized spacial score (nSPS) is 10.8. The van der Waals surface area contributed by atoms with Gasteiger partial charge in [-0.05, 0) is 17.7 Å². The summed E-state index contributed by atoms with van der Waals surface area (Å²) in [4.78, 5) is 16.7. The van der Waals surface area contributed by atoms with Gasteiger partial charge in [-0.2, -0.15) is 0 Å². The molecule has 3 aromatic rings. The summed E-state index contributed by atoms with van der Waals surface area (Å²) in [5, 5.41) is 9.59. The predicted molar refractivity (Wildman–Crippen MR) is 82.0 cm³/mol. The number of halogens is 1. The van der Waals surface area contributed by atoms with Gasteiger partial charge in [0.2, 0.25) is 0 Å². The highest BCUT2D eigenvalue weighted by atomic mass is 35.5. The van der Waals surface area contributed by atoms with Crippen molar-refractivity contribution >= 4 is 28.2 Å². The molecule has 0 aliphatic rings. The van der Waals surface area contributed by atoms with Crippen LogP contribution >= 0.6 is 11.6 Å². The van der Waals surface area contributed by atoms with Crippen molar-refractivity contribution in [3.8, 4) is 0 Å².